The molecule has 0 aliphatic rings. The molecule has 0 saturated carbocycles. The molecule has 2 aromatic carbocycles. The van der Waals surface area contributed by atoms with Gasteiger partial charge in [-0.2, -0.15) is 0 Å². The molecule has 0 aliphatic heterocycles. The first-order chi connectivity index (χ1) is 10.7. The molecular weight excluding hydrogens is 314 g/mol. The number of aryl methyl sites for hydroxylation is 1. The minimum absolute atomic E-state index is 0.138. The Morgan fingerprint density at radius 2 is 1.70 bits per heavy atom. The Hall–Kier alpha value is -2.38. The zero-order valence-corrected chi connectivity index (χ0v) is 14.0. The number of nitrogen functional groups attached to an aromatic ring is 1. The highest BCUT2D eigenvalue weighted by molar-refractivity contribution is 7.89. The third kappa shape index (κ3) is 3.69. The van der Waals surface area contributed by atoms with Crippen molar-refractivity contribution in [2.45, 2.75) is 11.8 Å². The molecule has 0 atom stereocenters. The Bertz CT molecular complexity index is 828. The van der Waals surface area contributed by atoms with E-state index >= 15 is 0 Å². The molecule has 23 heavy (non-hydrogen) atoms. The third-order valence-corrected chi connectivity index (χ3v) is 5.26. The molecule has 2 rings (SSSR count). The van der Waals surface area contributed by atoms with E-state index in [-0.39, 0.29) is 10.8 Å². The van der Waals surface area contributed by atoms with Gasteiger partial charge in [0.2, 0.25) is 10.0 Å². The molecular formula is C16H19N3O3S. The number of sulfonamides is 1. The van der Waals surface area contributed by atoms with Crippen LogP contribution in [0.5, 0.6) is 0 Å². The minimum atomic E-state index is -3.50. The number of nitrogens with zero attached hydrogens (tertiary/aromatic N) is 1. The summed E-state index contributed by atoms with van der Waals surface area (Å²) in [5, 5.41) is 2.73. The molecule has 122 valence electrons. The summed E-state index contributed by atoms with van der Waals surface area (Å²) >= 11 is 0. The fourth-order valence-electron chi connectivity index (χ4n) is 1.91. The Labute approximate surface area is 136 Å². The summed E-state index contributed by atoms with van der Waals surface area (Å²) in [5.74, 6) is -0.331. The van der Waals surface area contributed by atoms with Gasteiger partial charge in [-0.05, 0) is 48.9 Å². The van der Waals surface area contributed by atoms with E-state index in [1.165, 1.54) is 38.4 Å². The van der Waals surface area contributed by atoms with Gasteiger partial charge in [-0.1, -0.05) is 6.07 Å². The van der Waals surface area contributed by atoms with E-state index in [0.717, 1.165) is 9.87 Å². The van der Waals surface area contributed by atoms with Gasteiger partial charge in [0, 0.05) is 31.0 Å². The van der Waals surface area contributed by atoms with Crippen LogP contribution in [0.15, 0.2) is 47.4 Å². The monoisotopic (exact) mass is 333 g/mol. The highest BCUT2D eigenvalue weighted by Gasteiger charge is 2.17. The molecule has 0 aromatic heterocycles. The van der Waals surface area contributed by atoms with Crippen molar-refractivity contribution in [3.8, 4) is 0 Å². The number of carbonyl (C=O) groups is 1. The molecule has 0 bridgehead atoms. The van der Waals surface area contributed by atoms with Crippen LogP contribution in [-0.4, -0.2) is 32.7 Å². The van der Waals surface area contributed by atoms with Crippen LogP contribution in [0.4, 0.5) is 11.4 Å². The lowest BCUT2D eigenvalue weighted by Crippen LogP contribution is -2.22. The summed E-state index contributed by atoms with van der Waals surface area (Å²) in [6, 6.07) is 11.0. The highest BCUT2D eigenvalue weighted by Crippen LogP contribution is 2.19. The Morgan fingerprint density at radius 1 is 1.09 bits per heavy atom. The second kappa shape index (κ2) is 6.39. The van der Waals surface area contributed by atoms with E-state index < -0.39 is 10.0 Å². The molecule has 0 heterocycles. The highest BCUT2D eigenvalue weighted by atomic mass is 32.2. The third-order valence-electron chi connectivity index (χ3n) is 3.43. The van der Waals surface area contributed by atoms with Crippen molar-refractivity contribution in [2.24, 2.45) is 0 Å². The van der Waals surface area contributed by atoms with Crippen molar-refractivity contribution in [3.63, 3.8) is 0 Å². The summed E-state index contributed by atoms with van der Waals surface area (Å²) in [5.41, 5.74) is 8.28. The van der Waals surface area contributed by atoms with Crippen LogP contribution in [-0.2, 0) is 10.0 Å². The molecule has 0 saturated heterocycles. The summed E-state index contributed by atoms with van der Waals surface area (Å²) in [6.07, 6.45) is 0. The predicted octanol–water partition coefficient (Wildman–Crippen LogP) is 2.08. The topological polar surface area (TPSA) is 92.5 Å². The Kier molecular flexibility index (Phi) is 4.72. The number of nitrogens with one attached hydrogen (secondary N) is 1. The molecule has 0 aliphatic carbocycles. The number of rotatable bonds is 4. The fourth-order valence-corrected chi connectivity index (χ4v) is 2.81. The number of benzene rings is 2. The second-order valence-corrected chi connectivity index (χ2v) is 7.49. The molecule has 0 fully saturated rings. The maximum absolute atomic E-state index is 12.2. The standard InChI is InChI=1S/C16H19N3O3S/c1-11-4-7-13(10-15(11)17)18-16(20)12-5-8-14(9-6-12)23(21,22)19(2)3/h4-10H,17H2,1-3H3,(H,18,20). The van der Waals surface area contributed by atoms with Crippen LogP contribution >= 0.6 is 0 Å². The average Bonchev–Trinajstić information content (AvgIpc) is 2.51. The molecule has 1 amide bonds. The van der Waals surface area contributed by atoms with Gasteiger partial charge in [-0.25, -0.2) is 12.7 Å². The maximum atomic E-state index is 12.2. The molecule has 2 aromatic rings. The minimum Gasteiger partial charge on any atom is -0.398 e. The summed E-state index contributed by atoms with van der Waals surface area (Å²) in [7, 11) is -0.591. The first-order valence-electron chi connectivity index (χ1n) is 6.92. The smallest absolute Gasteiger partial charge is 0.255 e. The molecule has 0 radical (unpaired) electrons. The molecule has 6 nitrogen and oxygen atoms in total. The number of hydrogen-bond acceptors (Lipinski definition) is 4. The number of hydrogen-bond donors (Lipinski definition) is 2. The van der Waals surface area contributed by atoms with E-state index in [1.54, 1.807) is 12.1 Å². The zero-order chi connectivity index (χ0) is 17.2. The van der Waals surface area contributed by atoms with Crippen molar-refractivity contribution < 1.29 is 13.2 Å². The maximum Gasteiger partial charge on any atom is 0.255 e. The van der Waals surface area contributed by atoms with Crippen LogP contribution in [0.2, 0.25) is 0 Å². The van der Waals surface area contributed by atoms with Crippen LogP contribution in [0, 0.1) is 6.92 Å². The molecule has 3 N–H and O–H groups in total. The van der Waals surface area contributed by atoms with Gasteiger partial charge >= 0.3 is 0 Å². The Morgan fingerprint density at radius 3 is 2.22 bits per heavy atom. The SMILES string of the molecule is Cc1ccc(NC(=O)c2ccc(S(=O)(=O)N(C)C)cc2)cc1N. The lowest BCUT2D eigenvalue weighted by molar-refractivity contribution is 0.102. The van der Waals surface area contributed by atoms with Gasteiger partial charge in [0.1, 0.15) is 0 Å². The van der Waals surface area contributed by atoms with E-state index in [9.17, 15) is 13.2 Å². The summed E-state index contributed by atoms with van der Waals surface area (Å²) < 4.78 is 25.1. The largest absolute Gasteiger partial charge is 0.398 e. The molecule has 0 spiro atoms. The van der Waals surface area contributed by atoms with Gasteiger partial charge in [0.05, 0.1) is 4.90 Å². The summed E-state index contributed by atoms with van der Waals surface area (Å²) in [4.78, 5) is 12.3. The van der Waals surface area contributed by atoms with Gasteiger partial charge in [0.15, 0.2) is 0 Å². The van der Waals surface area contributed by atoms with Crippen LogP contribution < -0.4 is 11.1 Å². The normalized spacial score (nSPS) is 11.5. The van der Waals surface area contributed by atoms with Gasteiger partial charge in [0.25, 0.3) is 5.91 Å². The molecule has 7 heteroatoms. The van der Waals surface area contributed by atoms with E-state index in [2.05, 4.69) is 5.32 Å². The Balaban J connectivity index is 2.19. The molecule has 0 unspecified atom stereocenters. The quantitative estimate of drug-likeness (QED) is 0.838. The van der Waals surface area contributed by atoms with Crippen molar-refractivity contribution >= 4 is 27.3 Å². The average molecular weight is 333 g/mol. The number of nitrogens with two attached hydrogens (primary N) is 1. The van der Waals surface area contributed by atoms with Gasteiger partial charge in [-0.3, -0.25) is 4.79 Å². The van der Waals surface area contributed by atoms with Crippen LogP contribution in [0.1, 0.15) is 15.9 Å². The van der Waals surface area contributed by atoms with Crippen molar-refractivity contribution in [1.82, 2.24) is 4.31 Å². The van der Waals surface area contributed by atoms with Crippen LogP contribution in [0.25, 0.3) is 0 Å². The first kappa shape index (κ1) is 17.0. The van der Waals surface area contributed by atoms with Crippen molar-refractivity contribution in [1.29, 1.82) is 0 Å². The number of carbonyl (C=O) groups excluding carboxylic acids is 1. The van der Waals surface area contributed by atoms with Gasteiger partial charge in [-0.15, -0.1) is 0 Å². The first-order valence-corrected chi connectivity index (χ1v) is 8.36. The van der Waals surface area contributed by atoms with Gasteiger partial charge < -0.3 is 11.1 Å². The lowest BCUT2D eigenvalue weighted by atomic mass is 10.1. The summed E-state index contributed by atoms with van der Waals surface area (Å²) in [6.45, 7) is 1.88. The number of anilines is 2. The predicted molar refractivity (Wildman–Crippen MR) is 90.9 cm³/mol. The van der Waals surface area contributed by atoms with E-state index in [1.807, 2.05) is 13.0 Å². The van der Waals surface area contributed by atoms with Crippen molar-refractivity contribution in [3.05, 3.63) is 53.6 Å². The van der Waals surface area contributed by atoms with E-state index in [4.69, 9.17) is 5.73 Å². The lowest BCUT2D eigenvalue weighted by Gasteiger charge is -2.12. The van der Waals surface area contributed by atoms with Crippen molar-refractivity contribution in [2.75, 3.05) is 25.1 Å². The fraction of sp³-hybridized carbons (Fsp3) is 0.188. The zero-order valence-electron chi connectivity index (χ0n) is 13.2. The van der Waals surface area contributed by atoms with Crippen LogP contribution in [0.3, 0.4) is 0 Å². The second-order valence-electron chi connectivity index (χ2n) is 5.34. The number of amides is 1. The van der Waals surface area contributed by atoms with E-state index in [0.29, 0.717) is 16.9 Å².